The van der Waals surface area contributed by atoms with Gasteiger partial charge in [0.15, 0.2) is 0 Å². The van der Waals surface area contributed by atoms with Crippen LogP contribution in [0.25, 0.3) is 6.08 Å². The molecular formula is C9H11N3S2. The number of hydrogen-bond donors (Lipinski definition) is 0. The van der Waals surface area contributed by atoms with Crippen LogP contribution in [0.5, 0.6) is 0 Å². The van der Waals surface area contributed by atoms with E-state index < -0.39 is 0 Å². The molecule has 0 atom stereocenters. The average Bonchev–Trinajstić information content (AvgIpc) is 2.56. The maximum atomic E-state index is 8.94. The first-order valence-electron chi connectivity index (χ1n) is 3.97. The number of aromatic nitrogens is 1. The molecule has 0 N–H and O–H groups in total. The summed E-state index contributed by atoms with van der Waals surface area (Å²) < 4.78 is 4.20. The van der Waals surface area contributed by atoms with Gasteiger partial charge in [0.2, 0.25) is 0 Å². The first-order valence-corrected chi connectivity index (χ1v) is 5.97. The normalized spacial score (nSPS) is 10.4. The lowest BCUT2D eigenvalue weighted by atomic mass is 10.3. The van der Waals surface area contributed by atoms with Crippen LogP contribution in [0, 0.1) is 11.3 Å². The smallest absolute Gasteiger partial charge is 0.128 e. The second kappa shape index (κ2) is 5.03. The molecule has 1 aromatic heterocycles. The topological polar surface area (TPSA) is 39.9 Å². The van der Waals surface area contributed by atoms with Gasteiger partial charge in [-0.25, -0.2) is 0 Å². The fourth-order valence-corrected chi connectivity index (χ4v) is 2.32. The molecule has 3 nitrogen and oxygen atoms in total. The zero-order valence-electron chi connectivity index (χ0n) is 8.31. The fraction of sp³-hybridized carbons (Fsp3) is 0.333. The molecule has 74 valence electrons. The highest BCUT2D eigenvalue weighted by Gasteiger charge is 2.09. The second-order valence-electron chi connectivity index (χ2n) is 2.82. The van der Waals surface area contributed by atoms with Crippen LogP contribution >= 0.6 is 23.3 Å². The molecule has 1 aromatic rings. The summed E-state index contributed by atoms with van der Waals surface area (Å²) in [6.45, 7) is 0. The molecule has 14 heavy (non-hydrogen) atoms. The molecule has 0 aromatic carbocycles. The highest BCUT2D eigenvalue weighted by atomic mass is 32.2. The number of thioether (sulfide) groups is 1. The van der Waals surface area contributed by atoms with Gasteiger partial charge in [0.05, 0.1) is 4.88 Å². The van der Waals surface area contributed by atoms with Gasteiger partial charge in [-0.1, -0.05) is 0 Å². The Morgan fingerprint density at radius 3 is 2.79 bits per heavy atom. The molecule has 1 heterocycles. The summed E-state index contributed by atoms with van der Waals surface area (Å²) in [4.78, 5) is 2.85. The van der Waals surface area contributed by atoms with Crippen LogP contribution in [-0.4, -0.2) is 29.6 Å². The lowest BCUT2D eigenvalue weighted by Crippen LogP contribution is -1.99. The van der Waals surface area contributed by atoms with E-state index in [4.69, 9.17) is 5.26 Å². The van der Waals surface area contributed by atoms with Crippen molar-refractivity contribution in [2.24, 2.45) is 0 Å². The van der Waals surface area contributed by atoms with E-state index in [1.165, 1.54) is 23.3 Å². The van der Waals surface area contributed by atoms with E-state index in [2.05, 4.69) is 10.4 Å². The second-order valence-corrected chi connectivity index (χ2v) is 4.42. The van der Waals surface area contributed by atoms with E-state index in [0.29, 0.717) is 5.56 Å². The standard InChI is InChI=1S/C9H11N3S2/c1-12(2)5-4-8-7(6-10)9(13-3)11-14-8/h4-5H,1-3H3/b5-4+. The van der Waals surface area contributed by atoms with Crippen molar-refractivity contribution in [1.82, 2.24) is 9.27 Å². The molecule has 0 saturated heterocycles. The minimum Gasteiger partial charge on any atom is -0.383 e. The Morgan fingerprint density at radius 2 is 2.29 bits per heavy atom. The van der Waals surface area contributed by atoms with Gasteiger partial charge in [0.25, 0.3) is 0 Å². The van der Waals surface area contributed by atoms with E-state index in [9.17, 15) is 0 Å². The highest BCUT2D eigenvalue weighted by Crippen LogP contribution is 2.26. The Hall–Kier alpha value is -0.990. The van der Waals surface area contributed by atoms with Crippen molar-refractivity contribution in [3.8, 4) is 6.07 Å². The quantitative estimate of drug-likeness (QED) is 0.740. The lowest BCUT2D eigenvalue weighted by Gasteiger charge is -2.01. The van der Waals surface area contributed by atoms with Crippen molar-refractivity contribution in [2.75, 3.05) is 20.4 Å². The number of nitriles is 1. The van der Waals surface area contributed by atoms with Crippen LogP contribution in [0.4, 0.5) is 0 Å². The van der Waals surface area contributed by atoms with Crippen LogP contribution in [0.1, 0.15) is 10.4 Å². The third-order valence-corrected chi connectivity index (χ3v) is 3.12. The summed E-state index contributed by atoms with van der Waals surface area (Å²) in [5.74, 6) is 0. The summed E-state index contributed by atoms with van der Waals surface area (Å²) in [6, 6.07) is 2.18. The van der Waals surface area contributed by atoms with Crippen molar-refractivity contribution < 1.29 is 0 Å². The van der Waals surface area contributed by atoms with Crippen molar-refractivity contribution in [1.29, 1.82) is 5.26 Å². The zero-order valence-corrected chi connectivity index (χ0v) is 9.95. The number of nitrogens with zero attached hydrogens (tertiary/aromatic N) is 3. The monoisotopic (exact) mass is 225 g/mol. The van der Waals surface area contributed by atoms with Gasteiger partial charge in [-0.3, -0.25) is 0 Å². The average molecular weight is 225 g/mol. The summed E-state index contributed by atoms with van der Waals surface area (Å²) in [5, 5.41) is 9.76. The summed E-state index contributed by atoms with van der Waals surface area (Å²) >= 11 is 2.86. The molecule has 0 unspecified atom stereocenters. The molecule has 0 bridgehead atoms. The molecular weight excluding hydrogens is 214 g/mol. The third-order valence-electron chi connectivity index (χ3n) is 1.52. The van der Waals surface area contributed by atoms with Gasteiger partial charge in [0.1, 0.15) is 16.7 Å². The van der Waals surface area contributed by atoms with E-state index in [1.54, 1.807) is 0 Å². The highest BCUT2D eigenvalue weighted by molar-refractivity contribution is 7.98. The van der Waals surface area contributed by atoms with Crippen LogP contribution in [0.3, 0.4) is 0 Å². The maximum Gasteiger partial charge on any atom is 0.128 e. The van der Waals surface area contributed by atoms with Crippen molar-refractivity contribution >= 4 is 29.4 Å². The first-order chi connectivity index (χ1) is 6.69. The summed E-state index contributed by atoms with van der Waals surface area (Å²) in [5.41, 5.74) is 0.681. The maximum absolute atomic E-state index is 8.94. The van der Waals surface area contributed by atoms with E-state index in [0.717, 1.165) is 9.90 Å². The Morgan fingerprint density at radius 1 is 1.57 bits per heavy atom. The lowest BCUT2D eigenvalue weighted by molar-refractivity contribution is 0.567. The van der Waals surface area contributed by atoms with Crippen LogP contribution in [0.2, 0.25) is 0 Å². The summed E-state index contributed by atoms with van der Waals surface area (Å²) in [6.07, 6.45) is 5.75. The van der Waals surface area contributed by atoms with Gasteiger partial charge in [0, 0.05) is 20.3 Å². The molecule has 0 aliphatic rings. The van der Waals surface area contributed by atoms with Gasteiger partial charge >= 0.3 is 0 Å². The Labute approximate surface area is 92.2 Å². The van der Waals surface area contributed by atoms with Gasteiger partial charge in [-0.05, 0) is 23.9 Å². The van der Waals surface area contributed by atoms with Gasteiger partial charge < -0.3 is 4.90 Å². The van der Waals surface area contributed by atoms with Crippen molar-refractivity contribution in [3.05, 3.63) is 16.6 Å². The summed E-state index contributed by atoms with van der Waals surface area (Å²) in [7, 11) is 3.89. The van der Waals surface area contributed by atoms with E-state index >= 15 is 0 Å². The molecule has 1 rings (SSSR count). The van der Waals surface area contributed by atoms with Gasteiger partial charge in [-0.2, -0.15) is 9.64 Å². The first kappa shape index (κ1) is 11.1. The molecule has 0 aliphatic heterocycles. The largest absolute Gasteiger partial charge is 0.383 e. The Bertz CT molecular complexity index is 374. The SMILES string of the molecule is CSc1nsc(/C=C/N(C)C)c1C#N. The predicted octanol–water partition coefficient (Wildman–Crippen LogP) is 2.27. The van der Waals surface area contributed by atoms with Crippen LogP contribution in [-0.2, 0) is 0 Å². The van der Waals surface area contributed by atoms with Crippen molar-refractivity contribution in [2.45, 2.75) is 5.03 Å². The third kappa shape index (κ3) is 2.50. The molecule has 0 amide bonds. The fourth-order valence-electron chi connectivity index (χ4n) is 0.860. The van der Waals surface area contributed by atoms with Crippen LogP contribution in [0.15, 0.2) is 11.2 Å². The van der Waals surface area contributed by atoms with Crippen LogP contribution < -0.4 is 0 Å². The minimum absolute atomic E-state index is 0.681. The zero-order chi connectivity index (χ0) is 10.6. The number of hydrogen-bond acceptors (Lipinski definition) is 5. The molecule has 0 fully saturated rings. The molecule has 5 heteroatoms. The number of rotatable bonds is 3. The molecule has 0 spiro atoms. The Balaban J connectivity index is 2.99. The Kier molecular flexibility index (Phi) is 3.98. The van der Waals surface area contributed by atoms with E-state index in [-0.39, 0.29) is 0 Å². The molecule has 0 aliphatic carbocycles. The predicted molar refractivity (Wildman–Crippen MR) is 61.3 cm³/mol. The molecule has 0 radical (unpaired) electrons. The van der Waals surface area contributed by atoms with E-state index in [1.807, 2.05) is 37.5 Å². The minimum atomic E-state index is 0.681. The molecule has 0 saturated carbocycles. The van der Waals surface area contributed by atoms with Gasteiger partial charge in [-0.15, -0.1) is 11.8 Å². The van der Waals surface area contributed by atoms with Crippen molar-refractivity contribution in [3.63, 3.8) is 0 Å².